The highest BCUT2D eigenvalue weighted by Crippen LogP contribution is 2.16. The van der Waals surface area contributed by atoms with E-state index in [1.807, 2.05) is 13.8 Å². The van der Waals surface area contributed by atoms with Gasteiger partial charge < -0.3 is 10.6 Å². The Labute approximate surface area is 123 Å². The number of nitrogens with one attached hydrogen (secondary N) is 2. The molecule has 0 fully saturated rings. The molecule has 20 heavy (non-hydrogen) atoms. The summed E-state index contributed by atoms with van der Waals surface area (Å²) in [5.41, 5.74) is 1.97. The van der Waals surface area contributed by atoms with E-state index in [-0.39, 0.29) is 11.9 Å². The maximum atomic E-state index is 12.1. The third-order valence-corrected chi connectivity index (χ3v) is 2.77. The van der Waals surface area contributed by atoms with Crippen LogP contribution in [0.4, 0.5) is 11.4 Å². The number of amides is 1. The highest BCUT2D eigenvalue weighted by atomic mass is 35.5. The van der Waals surface area contributed by atoms with E-state index in [9.17, 15) is 4.79 Å². The van der Waals surface area contributed by atoms with Crippen LogP contribution in [-0.2, 0) is 0 Å². The Morgan fingerprint density at radius 3 is 2.70 bits per heavy atom. The average molecular weight is 290 g/mol. The van der Waals surface area contributed by atoms with Gasteiger partial charge in [0.25, 0.3) is 5.91 Å². The van der Waals surface area contributed by atoms with Gasteiger partial charge in [-0.1, -0.05) is 17.7 Å². The Hall–Kier alpha value is -2.07. The van der Waals surface area contributed by atoms with Crippen molar-refractivity contribution >= 4 is 28.9 Å². The molecule has 0 spiro atoms. The zero-order valence-corrected chi connectivity index (χ0v) is 12.1. The minimum Gasteiger partial charge on any atom is -0.382 e. The monoisotopic (exact) mass is 289 g/mol. The maximum Gasteiger partial charge on any atom is 0.257 e. The quantitative estimate of drug-likeness (QED) is 0.900. The van der Waals surface area contributed by atoms with Gasteiger partial charge in [-0.05, 0) is 38.1 Å². The Kier molecular flexibility index (Phi) is 4.58. The average Bonchev–Trinajstić information content (AvgIpc) is 2.38. The lowest BCUT2D eigenvalue weighted by Gasteiger charge is -2.11. The summed E-state index contributed by atoms with van der Waals surface area (Å²) in [6, 6.07) is 9.07. The standard InChI is InChI=1S/C15H16ClN3O/c1-10(2)18-14-6-11(8-17-9-14)15(20)19-13-5-3-4-12(16)7-13/h3-10,18H,1-2H3,(H,19,20). The molecule has 104 valence electrons. The minimum atomic E-state index is -0.216. The zero-order valence-electron chi connectivity index (χ0n) is 11.4. The molecule has 0 aliphatic rings. The van der Waals surface area contributed by atoms with Gasteiger partial charge in [-0.2, -0.15) is 0 Å². The van der Waals surface area contributed by atoms with Gasteiger partial charge in [0.05, 0.1) is 11.3 Å². The summed E-state index contributed by atoms with van der Waals surface area (Å²) >= 11 is 5.88. The van der Waals surface area contributed by atoms with Gasteiger partial charge in [-0.25, -0.2) is 0 Å². The zero-order chi connectivity index (χ0) is 14.5. The molecule has 0 atom stereocenters. The Morgan fingerprint density at radius 2 is 2.00 bits per heavy atom. The van der Waals surface area contributed by atoms with Crippen LogP contribution in [0, 0.1) is 0 Å². The van der Waals surface area contributed by atoms with Crippen LogP contribution in [0.15, 0.2) is 42.7 Å². The molecule has 0 unspecified atom stereocenters. The van der Waals surface area contributed by atoms with E-state index in [4.69, 9.17) is 11.6 Å². The lowest BCUT2D eigenvalue weighted by Crippen LogP contribution is -2.14. The van der Waals surface area contributed by atoms with Crippen LogP contribution >= 0.6 is 11.6 Å². The molecule has 2 N–H and O–H groups in total. The number of carbonyl (C=O) groups excluding carboxylic acids is 1. The molecule has 1 heterocycles. The molecule has 1 aromatic heterocycles. The molecule has 0 saturated carbocycles. The number of halogens is 1. The largest absolute Gasteiger partial charge is 0.382 e. The molecule has 1 aromatic carbocycles. The van der Waals surface area contributed by atoms with Gasteiger partial charge in [-0.3, -0.25) is 9.78 Å². The van der Waals surface area contributed by atoms with Crippen LogP contribution in [0.25, 0.3) is 0 Å². The van der Waals surface area contributed by atoms with E-state index in [0.29, 0.717) is 16.3 Å². The van der Waals surface area contributed by atoms with Crippen molar-refractivity contribution in [1.29, 1.82) is 0 Å². The Balaban J connectivity index is 2.13. The first-order valence-electron chi connectivity index (χ1n) is 6.33. The summed E-state index contributed by atoms with van der Waals surface area (Å²) in [5.74, 6) is -0.216. The lowest BCUT2D eigenvalue weighted by atomic mass is 10.2. The molecule has 0 saturated heterocycles. The number of benzene rings is 1. The van der Waals surface area contributed by atoms with E-state index in [2.05, 4.69) is 15.6 Å². The number of pyridine rings is 1. The fourth-order valence-corrected chi connectivity index (χ4v) is 1.94. The summed E-state index contributed by atoms with van der Waals surface area (Å²) in [7, 11) is 0. The predicted octanol–water partition coefficient (Wildman–Crippen LogP) is 3.81. The van der Waals surface area contributed by atoms with Crippen molar-refractivity contribution in [2.75, 3.05) is 10.6 Å². The summed E-state index contributed by atoms with van der Waals surface area (Å²) in [6.07, 6.45) is 3.22. The first-order valence-corrected chi connectivity index (χ1v) is 6.71. The number of carbonyl (C=O) groups is 1. The van der Waals surface area contributed by atoms with Crippen molar-refractivity contribution in [3.63, 3.8) is 0 Å². The van der Waals surface area contributed by atoms with Crippen LogP contribution in [-0.4, -0.2) is 16.9 Å². The van der Waals surface area contributed by atoms with Crippen molar-refractivity contribution < 1.29 is 4.79 Å². The molecule has 0 aliphatic carbocycles. The molecule has 0 bridgehead atoms. The molecule has 0 radical (unpaired) electrons. The number of aromatic nitrogens is 1. The lowest BCUT2D eigenvalue weighted by molar-refractivity contribution is 0.102. The van der Waals surface area contributed by atoms with Gasteiger partial charge in [0.1, 0.15) is 0 Å². The fraction of sp³-hybridized carbons (Fsp3) is 0.200. The van der Waals surface area contributed by atoms with Crippen LogP contribution in [0.5, 0.6) is 0 Å². The van der Waals surface area contributed by atoms with Gasteiger partial charge in [0, 0.05) is 29.1 Å². The normalized spacial score (nSPS) is 10.4. The van der Waals surface area contributed by atoms with Gasteiger partial charge in [0.15, 0.2) is 0 Å². The SMILES string of the molecule is CC(C)Nc1cncc(C(=O)Nc2cccc(Cl)c2)c1. The molecule has 2 rings (SSSR count). The van der Waals surface area contributed by atoms with Gasteiger partial charge in [-0.15, -0.1) is 0 Å². The van der Waals surface area contributed by atoms with Crippen molar-refractivity contribution in [3.05, 3.63) is 53.3 Å². The third-order valence-electron chi connectivity index (χ3n) is 2.54. The molecular formula is C15H16ClN3O. The second-order valence-electron chi connectivity index (χ2n) is 4.73. The smallest absolute Gasteiger partial charge is 0.257 e. The first-order chi connectivity index (χ1) is 9.54. The summed E-state index contributed by atoms with van der Waals surface area (Å²) in [4.78, 5) is 16.2. The van der Waals surface area contributed by atoms with Crippen LogP contribution in [0.3, 0.4) is 0 Å². The van der Waals surface area contributed by atoms with E-state index < -0.39 is 0 Å². The number of hydrogen-bond donors (Lipinski definition) is 2. The summed E-state index contributed by atoms with van der Waals surface area (Å²) in [5, 5.41) is 6.58. The Morgan fingerprint density at radius 1 is 1.20 bits per heavy atom. The maximum absolute atomic E-state index is 12.1. The summed E-state index contributed by atoms with van der Waals surface area (Å²) in [6.45, 7) is 4.05. The van der Waals surface area contributed by atoms with Crippen LogP contribution in [0.2, 0.25) is 5.02 Å². The van der Waals surface area contributed by atoms with Crippen molar-refractivity contribution in [2.24, 2.45) is 0 Å². The molecule has 1 amide bonds. The predicted molar refractivity (Wildman–Crippen MR) is 82.4 cm³/mol. The van der Waals surface area contributed by atoms with E-state index in [0.717, 1.165) is 5.69 Å². The van der Waals surface area contributed by atoms with Crippen molar-refractivity contribution in [1.82, 2.24) is 4.98 Å². The fourth-order valence-electron chi connectivity index (χ4n) is 1.75. The van der Waals surface area contributed by atoms with Crippen molar-refractivity contribution in [3.8, 4) is 0 Å². The Bertz CT molecular complexity index is 614. The highest BCUT2D eigenvalue weighted by molar-refractivity contribution is 6.30. The van der Waals surface area contributed by atoms with E-state index in [1.165, 1.54) is 6.20 Å². The third kappa shape index (κ3) is 3.96. The summed E-state index contributed by atoms with van der Waals surface area (Å²) < 4.78 is 0. The van der Waals surface area contributed by atoms with E-state index >= 15 is 0 Å². The second-order valence-corrected chi connectivity index (χ2v) is 5.16. The topological polar surface area (TPSA) is 54.0 Å². The molecule has 0 aliphatic heterocycles. The van der Waals surface area contributed by atoms with Crippen molar-refractivity contribution in [2.45, 2.75) is 19.9 Å². The van der Waals surface area contributed by atoms with Crippen LogP contribution < -0.4 is 10.6 Å². The van der Waals surface area contributed by atoms with Gasteiger partial charge in [0.2, 0.25) is 0 Å². The molecule has 2 aromatic rings. The number of nitrogens with zero attached hydrogens (tertiary/aromatic N) is 1. The number of hydrogen-bond acceptors (Lipinski definition) is 3. The van der Waals surface area contributed by atoms with Crippen LogP contribution in [0.1, 0.15) is 24.2 Å². The molecule has 4 nitrogen and oxygen atoms in total. The second kappa shape index (κ2) is 6.39. The van der Waals surface area contributed by atoms with E-state index in [1.54, 1.807) is 36.5 Å². The number of rotatable bonds is 4. The highest BCUT2D eigenvalue weighted by Gasteiger charge is 2.08. The van der Waals surface area contributed by atoms with Gasteiger partial charge >= 0.3 is 0 Å². The number of anilines is 2. The minimum absolute atomic E-state index is 0.216. The molecule has 5 heteroatoms. The first kappa shape index (κ1) is 14.3. The molecular weight excluding hydrogens is 274 g/mol.